The molecule has 2 unspecified atom stereocenters. The Labute approximate surface area is 103 Å². The normalized spacial score (nSPS) is 24.6. The molecule has 1 fully saturated rings. The Morgan fingerprint density at radius 1 is 1.41 bits per heavy atom. The van der Waals surface area contributed by atoms with Crippen molar-refractivity contribution in [1.82, 2.24) is 9.97 Å². The van der Waals surface area contributed by atoms with Crippen LogP contribution < -0.4 is 11.1 Å². The Hall–Kier alpha value is -1.32. The Kier molecular flexibility index (Phi) is 3.82. The molecule has 0 aromatic carbocycles. The lowest BCUT2D eigenvalue weighted by atomic mass is 9.80. The first-order valence-corrected chi connectivity index (χ1v) is 6.50. The van der Waals surface area contributed by atoms with Crippen molar-refractivity contribution in [2.75, 3.05) is 17.6 Å². The van der Waals surface area contributed by atoms with Crippen LogP contribution in [0.5, 0.6) is 0 Å². The molecule has 0 radical (unpaired) electrons. The van der Waals surface area contributed by atoms with Crippen LogP contribution in [0.2, 0.25) is 0 Å². The summed E-state index contributed by atoms with van der Waals surface area (Å²) in [5.74, 6) is 2.81. The number of hydrogen-bond donors (Lipinski definition) is 2. The number of aromatic nitrogens is 2. The highest BCUT2D eigenvalue weighted by Crippen LogP contribution is 2.29. The second kappa shape index (κ2) is 5.34. The Morgan fingerprint density at radius 3 is 2.94 bits per heavy atom. The van der Waals surface area contributed by atoms with E-state index in [1.165, 1.54) is 25.7 Å². The molecule has 94 valence electrons. The van der Waals surface area contributed by atoms with Gasteiger partial charge >= 0.3 is 0 Å². The van der Waals surface area contributed by atoms with E-state index < -0.39 is 0 Å². The van der Waals surface area contributed by atoms with E-state index in [2.05, 4.69) is 22.2 Å². The van der Waals surface area contributed by atoms with E-state index in [0.717, 1.165) is 29.8 Å². The lowest BCUT2D eigenvalue weighted by Gasteiger charge is -2.29. The van der Waals surface area contributed by atoms with E-state index in [4.69, 9.17) is 5.73 Å². The standard InChI is InChI=1S/C13H22N4/c1-9-5-3-4-6-11(9)8-15-12-10(2)7-16-13(14)17-12/h7,9,11H,3-6,8H2,1-2H3,(H3,14,15,16,17). The average Bonchev–Trinajstić information content (AvgIpc) is 2.32. The molecule has 4 nitrogen and oxygen atoms in total. The van der Waals surface area contributed by atoms with Crippen molar-refractivity contribution in [3.05, 3.63) is 11.8 Å². The molecule has 1 aliphatic rings. The first-order chi connectivity index (χ1) is 8.16. The van der Waals surface area contributed by atoms with Crippen LogP contribution in [0.15, 0.2) is 6.20 Å². The smallest absolute Gasteiger partial charge is 0.221 e. The molecule has 2 rings (SSSR count). The summed E-state index contributed by atoms with van der Waals surface area (Å²) in [6, 6.07) is 0. The summed E-state index contributed by atoms with van der Waals surface area (Å²) in [4.78, 5) is 8.21. The van der Waals surface area contributed by atoms with Gasteiger partial charge in [-0.15, -0.1) is 0 Å². The molecule has 1 aromatic rings. The SMILES string of the molecule is Cc1cnc(N)nc1NCC1CCCCC1C. The Morgan fingerprint density at radius 2 is 2.18 bits per heavy atom. The number of anilines is 2. The van der Waals surface area contributed by atoms with Crippen LogP contribution in [0.1, 0.15) is 38.2 Å². The highest BCUT2D eigenvalue weighted by Gasteiger charge is 2.21. The van der Waals surface area contributed by atoms with Gasteiger partial charge in [0, 0.05) is 18.3 Å². The number of nitrogens with one attached hydrogen (secondary N) is 1. The molecule has 0 spiro atoms. The minimum atomic E-state index is 0.342. The molecule has 1 saturated carbocycles. The molecule has 1 heterocycles. The van der Waals surface area contributed by atoms with Crippen LogP contribution in [-0.4, -0.2) is 16.5 Å². The van der Waals surface area contributed by atoms with Crippen molar-refractivity contribution in [2.45, 2.75) is 39.5 Å². The van der Waals surface area contributed by atoms with Gasteiger partial charge in [0.25, 0.3) is 0 Å². The zero-order chi connectivity index (χ0) is 12.3. The van der Waals surface area contributed by atoms with Crippen LogP contribution in [-0.2, 0) is 0 Å². The van der Waals surface area contributed by atoms with Crippen LogP contribution >= 0.6 is 0 Å². The van der Waals surface area contributed by atoms with Crippen molar-refractivity contribution >= 4 is 11.8 Å². The molecule has 1 aromatic heterocycles. The van der Waals surface area contributed by atoms with Gasteiger partial charge in [0.05, 0.1) is 0 Å². The van der Waals surface area contributed by atoms with Gasteiger partial charge in [-0.05, 0) is 25.2 Å². The van der Waals surface area contributed by atoms with Crippen molar-refractivity contribution in [1.29, 1.82) is 0 Å². The zero-order valence-electron chi connectivity index (χ0n) is 10.7. The third-order valence-corrected chi connectivity index (χ3v) is 3.81. The van der Waals surface area contributed by atoms with Crippen molar-refractivity contribution < 1.29 is 0 Å². The summed E-state index contributed by atoms with van der Waals surface area (Å²) >= 11 is 0. The third-order valence-electron chi connectivity index (χ3n) is 3.81. The Bertz CT molecular complexity index is 378. The van der Waals surface area contributed by atoms with Crippen LogP contribution in [0.3, 0.4) is 0 Å². The summed E-state index contributed by atoms with van der Waals surface area (Å²) in [5, 5.41) is 3.42. The molecule has 4 heteroatoms. The first kappa shape index (κ1) is 12.1. The van der Waals surface area contributed by atoms with Gasteiger partial charge in [0.1, 0.15) is 5.82 Å². The van der Waals surface area contributed by atoms with Crippen molar-refractivity contribution in [3.63, 3.8) is 0 Å². The van der Waals surface area contributed by atoms with Crippen molar-refractivity contribution in [3.8, 4) is 0 Å². The lowest BCUT2D eigenvalue weighted by Crippen LogP contribution is -2.25. The number of aryl methyl sites for hydroxylation is 1. The van der Waals surface area contributed by atoms with Crippen molar-refractivity contribution in [2.24, 2.45) is 11.8 Å². The summed E-state index contributed by atoms with van der Waals surface area (Å²) in [7, 11) is 0. The summed E-state index contributed by atoms with van der Waals surface area (Å²) < 4.78 is 0. The van der Waals surface area contributed by atoms with Crippen LogP contribution in [0, 0.1) is 18.8 Å². The molecule has 1 aliphatic carbocycles. The van der Waals surface area contributed by atoms with E-state index in [1.54, 1.807) is 6.20 Å². The van der Waals surface area contributed by atoms with Crippen LogP contribution in [0.25, 0.3) is 0 Å². The monoisotopic (exact) mass is 234 g/mol. The summed E-state index contributed by atoms with van der Waals surface area (Å²) in [6.07, 6.45) is 7.21. The van der Waals surface area contributed by atoms with Gasteiger partial charge in [-0.3, -0.25) is 0 Å². The zero-order valence-corrected chi connectivity index (χ0v) is 10.7. The van der Waals surface area contributed by atoms with E-state index in [0.29, 0.717) is 5.95 Å². The minimum absolute atomic E-state index is 0.342. The number of hydrogen-bond acceptors (Lipinski definition) is 4. The maximum Gasteiger partial charge on any atom is 0.221 e. The largest absolute Gasteiger partial charge is 0.369 e. The fourth-order valence-electron chi connectivity index (χ4n) is 2.56. The average molecular weight is 234 g/mol. The van der Waals surface area contributed by atoms with Gasteiger partial charge in [-0.1, -0.05) is 26.2 Å². The van der Waals surface area contributed by atoms with E-state index in [-0.39, 0.29) is 0 Å². The Balaban J connectivity index is 1.94. The lowest BCUT2D eigenvalue weighted by molar-refractivity contribution is 0.268. The molecule has 0 saturated heterocycles. The molecular weight excluding hydrogens is 212 g/mol. The highest BCUT2D eigenvalue weighted by molar-refractivity contribution is 5.45. The summed E-state index contributed by atoms with van der Waals surface area (Å²) in [6.45, 7) is 5.36. The van der Waals surface area contributed by atoms with Gasteiger partial charge in [-0.2, -0.15) is 4.98 Å². The fraction of sp³-hybridized carbons (Fsp3) is 0.692. The molecule has 2 atom stereocenters. The van der Waals surface area contributed by atoms with Crippen LogP contribution in [0.4, 0.5) is 11.8 Å². The molecule has 0 bridgehead atoms. The predicted octanol–water partition coefficient (Wildman–Crippen LogP) is 2.61. The quantitative estimate of drug-likeness (QED) is 0.843. The second-order valence-corrected chi connectivity index (χ2v) is 5.16. The topological polar surface area (TPSA) is 63.8 Å². The third kappa shape index (κ3) is 3.08. The first-order valence-electron chi connectivity index (χ1n) is 6.50. The molecular formula is C13H22N4. The van der Waals surface area contributed by atoms with E-state index in [9.17, 15) is 0 Å². The van der Waals surface area contributed by atoms with Gasteiger partial charge in [-0.25, -0.2) is 4.98 Å². The maximum atomic E-state index is 5.60. The van der Waals surface area contributed by atoms with E-state index >= 15 is 0 Å². The maximum absolute atomic E-state index is 5.60. The minimum Gasteiger partial charge on any atom is -0.369 e. The number of rotatable bonds is 3. The molecule has 3 N–H and O–H groups in total. The van der Waals surface area contributed by atoms with Gasteiger partial charge in [0.2, 0.25) is 5.95 Å². The molecule has 0 aliphatic heterocycles. The molecule has 17 heavy (non-hydrogen) atoms. The number of nitrogen functional groups attached to an aromatic ring is 1. The number of nitrogens with zero attached hydrogens (tertiary/aromatic N) is 2. The number of nitrogens with two attached hydrogens (primary N) is 1. The van der Waals surface area contributed by atoms with E-state index in [1.807, 2.05) is 6.92 Å². The van der Waals surface area contributed by atoms with Gasteiger partial charge in [0.15, 0.2) is 0 Å². The summed E-state index contributed by atoms with van der Waals surface area (Å²) in [5.41, 5.74) is 6.66. The molecule has 0 amide bonds. The van der Waals surface area contributed by atoms with Gasteiger partial charge < -0.3 is 11.1 Å². The highest BCUT2D eigenvalue weighted by atomic mass is 15.1. The fourth-order valence-corrected chi connectivity index (χ4v) is 2.56. The predicted molar refractivity (Wildman–Crippen MR) is 70.8 cm³/mol. The second-order valence-electron chi connectivity index (χ2n) is 5.16.